The van der Waals surface area contributed by atoms with Crippen LogP contribution in [0.15, 0.2) is 18.2 Å². The molecule has 1 atom stereocenters. The maximum atomic E-state index is 12.7. The highest BCUT2D eigenvalue weighted by molar-refractivity contribution is 5.76. The molecule has 1 aromatic carbocycles. The van der Waals surface area contributed by atoms with E-state index in [1.165, 1.54) is 12.1 Å². The van der Waals surface area contributed by atoms with Crippen molar-refractivity contribution in [2.75, 3.05) is 11.9 Å². The zero-order valence-electron chi connectivity index (χ0n) is 10.1. The molecular weight excluding hydrogens is 259 g/mol. The lowest BCUT2D eigenvalue weighted by Crippen LogP contribution is -2.26. The molecule has 0 bridgehead atoms. The second kappa shape index (κ2) is 5.61. The van der Waals surface area contributed by atoms with Crippen molar-refractivity contribution in [1.82, 2.24) is 0 Å². The van der Waals surface area contributed by atoms with Crippen molar-refractivity contribution in [3.05, 3.63) is 29.3 Å². The third kappa shape index (κ3) is 3.88. The fraction of sp³-hybridized carbons (Fsp3) is 0.333. The number of anilines is 1. The van der Waals surface area contributed by atoms with E-state index < -0.39 is 29.1 Å². The normalized spacial score (nSPS) is 12.6. The number of hydrogen-bond donors (Lipinski definition) is 2. The Kier molecular flexibility index (Phi) is 4.38. The highest BCUT2D eigenvalue weighted by Crippen LogP contribution is 2.33. The number of nitrogens with two attached hydrogens (primary N) is 1. The van der Waals surface area contributed by atoms with Crippen molar-refractivity contribution in [1.29, 1.82) is 5.26 Å². The van der Waals surface area contributed by atoms with Crippen LogP contribution in [0.1, 0.15) is 18.1 Å². The van der Waals surface area contributed by atoms with Crippen LogP contribution >= 0.6 is 0 Å². The van der Waals surface area contributed by atoms with Crippen LogP contribution in [0, 0.1) is 17.2 Å². The first-order valence-corrected chi connectivity index (χ1v) is 5.40. The molecule has 0 aliphatic rings. The Bertz CT molecular complexity index is 520. The van der Waals surface area contributed by atoms with Crippen LogP contribution in [0.2, 0.25) is 0 Å². The molecule has 19 heavy (non-hydrogen) atoms. The molecule has 1 amide bonds. The molecule has 1 rings (SSSR count). The first-order chi connectivity index (χ1) is 8.75. The van der Waals surface area contributed by atoms with Gasteiger partial charge in [0.05, 0.1) is 23.1 Å². The summed E-state index contributed by atoms with van der Waals surface area (Å²) >= 11 is 0. The van der Waals surface area contributed by atoms with E-state index in [9.17, 15) is 18.0 Å². The minimum absolute atomic E-state index is 0.124. The number of benzene rings is 1. The molecule has 0 fully saturated rings. The molecule has 0 saturated heterocycles. The number of halogens is 3. The van der Waals surface area contributed by atoms with Crippen LogP contribution in [0.3, 0.4) is 0 Å². The molecule has 4 nitrogen and oxygen atoms in total. The van der Waals surface area contributed by atoms with Crippen LogP contribution in [0.5, 0.6) is 0 Å². The molecule has 0 radical (unpaired) electrons. The molecular formula is C12H12F3N3O. The summed E-state index contributed by atoms with van der Waals surface area (Å²) in [6, 6.07) is 4.76. The van der Waals surface area contributed by atoms with Gasteiger partial charge in [-0.25, -0.2) is 0 Å². The van der Waals surface area contributed by atoms with Crippen molar-refractivity contribution in [3.8, 4) is 6.07 Å². The summed E-state index contributed by atoms with van der Waals surface area (Å²) in [5.41, 5.74) is 3.77. The molecule has 7 heteroatoms. The Morgan fingerprint density at radius 3 is 2.63 bits per heavy atom. The Labute approximate surface area is 108 Å². The highest BCUT2D eigenvalue weighted by atomic mass is 19.4. The summed E-state index contributed by atoms with van der Waals surface area (Å²) in [6.07, 6.45) is -4.60. The van der Waals surface area contributed by atoms with Crippen molar-refractivity contribution in [2.45, 2.75) is 13.1 Å². The number of nitriles is 1. The van der Waals surface area contributed by atoms with Gasteiger partial charge in [-0.05, 0) is 18.2 Å². The molecule has 0 aromatic heterocycles. The second-order valence-electron chi connectivity index (χ2n) is 4.05. The molecule has 0 aliphatic carbocycles. The van der Waals surface area contributed by atoms with Gasteiger partial charge in [0, 0.05) is 12.2 Å². The highest BCUT2D eigenvalue weighted by Gasteiger charge is 2.33. The van der Waals surface area contributed by atoms with Crippen LogP contribution < -0.4 is 11.1 Å². The first kappa shape index (κ1) is 14.8. The largest absolute Gasteiger partial charge is 0.417 e. The number of rotatable bonds is 4. The molecule has 0 aliphatic heterocycles. The summed E-state index contributed by atoms with van der Waals surface area (Å²) in [7, 11) is 0. The average molecular weight is 271 g/mol. The Hall–Kier alpha value is -2.23. The number of amides is 1. The minimum Gasteiger partial charge on any atom is -0.384 e. The summed E-state index contributed by atoms with van der Waals surface area (Å²) < 4.78 is 38.1. The van der Waals surface area contributed by atoms with Crippen molar-refractivity contribution >= 4 is 11.6 Å². The second-order valence-corrected chi connectivity index (χ2v) is 4.05. The number of carbonyl (C=O) groups excluding carboxylic acids is 1. The predicted octanol–water partition coefficient (Wildman–Crippen LogP) is 2.11. The molecule has 0 saturated carbocycles. The van der Waals surface area contributed by atoms with Crippen LogP contribution in [0.4, 0.5) is 18.9 Å². The predicted molar refractivity (Wildman–Crippen MR) is 63.0 cm³/mol. The van der Waals surface area contributed by atoms with Gasteiger partial charge in [-0.15, -0.1) is 0 Å². The fourth-order valence-corrected chi connectivity index (χ4v) is 1.36. The maximum Gasteiger partial charge on any atom is 0.417 e. The van der Waals surface area contributed by atoms with Crippen LogP contribution in [-0.4, -0.2) is 12.5 Å². The monoisotopic (exact) mass is 271 g/mol. The van der Waals surface area contributed by atoms with Gasteiger partial charge in [0.15, 0.2) is 0 Å². The van der Waals surface area contributed by atoms with E-state index >= 15 is 0 Å². The zero-order chi connectivity index (χ0) is 14.6. The molecule has 1 aromatic rings. The van der Waals surface area contributed by atoms with Gasteiger partial charge in [0.1, 0.15) is 0 Å². The lowest BCUT2D eigenvalue weighted by Gasteiger charge is -2.13. The quantitative estimate of drug-likeness (QED) is 0.880. The van der Waals surface area contributed by atoms with Gasteiger partial charge in [0.25, 0.3) is 0 Å². The third-order valence-corrected chi connectivity index (χ3v) is 2.54. The minimum atomic E-state index is -4.60. The summed E-state index contributed by atoms with van der Waals surface area (Å²) in [4.78, 5) is 10.8. The Morgan fingerprint density at radius 2 is 2.16 bits per heavy atom. The van der Waals surface area contributed by atoms with Crippen LogP contribution in [-0.2, 0) is 11.0 Å². The smallest absolute Gasteiger partial charge is 0.384 e. The summed E-state index contributed by atoms with van der Waals surface area (Å²) in [6.45, 7) is 1.68. The van der Waals surface area contributed by atoms with Gasteiger partial charge < -0.3 is 11.1 Å². The fourth-order valence-electron chi connectivity index (χ4n) is 1.36. The van der Waals surface area contributed by atoms with Gasteiger partial charge in [-0.2, -0.15) is 18.4 Å². The van der Waals surface area contributed by atoms with Gasteiger partial charge >= 0.3 is 6.18 Å². The maximum absolute atomic E-state index is 12.7. The standard InChI is InChI=1S/C12H12F3N3O/c1-7(11(17)19)6-18-9-3-2-8(5-16)10(4-9)12(13,14)15/h2-4,7,18H,6H2,1H3,(H2,17,19). The molecule has 0 spiro atoms. The lowest BCUT2D eigenvalue weighted by atomic mass is 10.1. The van der Waals surface area contributed by atoms with Gasteiger partial charge in [-0.3, -0.25) is 4.79 Å². The van der Waals surface area contributed by atoms with Crippen LogP contribution in [0.25, 0.3) is 0 Å². The van der Waals surface area contributed by atoms with E-state index in [4.69, 9.17) is 11.0 Å². The summed E-state index contributed by atoms with van der Waals surface area (Å²) in [5, 5.41) is 11.3. The number of nitrogens with zero attached hydrogens (tertiary/aromatic N) is 1. The number of alkyl halides is 3. The number of hydrogen-bond acceptors (Lipinski definition) is 3. The number of carbonyl (C=O) groups is 1. The molecule has 102 valence electrons. The first-order valence-electron chi connectivity index (χ1n) is 5.40. The Balaban J connectivity index is 2.94. The number of nitrogens with one attached hydrogen (secondary N) is 1. The van der Waals surface area contributed by atoms with Crippen molar-refractivity contribution < 1.29 is 18.0 Å². The van der Waals surface area contributed by atoms with Gasteiger partial charge in [0.2, 0.25) is 5.91 Å². The average Bonchev–Trinajstić information content (AvgIpc) is 2.34. The van der Waals surface area contributed by atoms with E-state index in [1.54, 1.807) is 6.92 Å². The van der Waals surface area contributed by atoms with Crippen molar-refractivity contribution in [2.24, 2.45) is 11.7 Å². The van der Waals surface area contributed by atoms with Gasteiger partial charge in [-0.1, -0.05) is 6.92 Å². The van der Waals surface area contributed by atoms with E-state index in [2.05, 4.69) is 5.32 Å². The number of primary amides is 1. The lowest BCUT2D eigenvalue weighted by molar-refractivity contribution is -0.137. The molecule has 1 unspecified atom stereocenters. The third-order valence-electron chi connectivity index (χ3n) is 2.54. The molecule has 3 N–H and O–H groups in total. The molecule has 0 heterocycles. The summed E-state index contributed by atoms with van der Waals surface area (Å²) in [5.74, 6) is -1.05. The SMILES string of the molecule is CC(CNc1ccc(C#N)c(C(F)(F)F)c1)C(N)=O. The van der Waals surface area contributed by atoms with Crippen molar-refractivity contribution in [3.63, 3.8) is 0 Å². The van der Waals surface area contributed by atoms with E-state index in [0.717, 1.165) is 12.1 Å². The van der Waals surface area contributed by atoms with E-state index in [0.29, 0.717) is 0 Å². The van der Waals surface area contributed by atoms with E-state index in [1.807, 2.05) is 0 Å². The topological polar surface area (TPSA) is 78.9 Å². The van der Waals surface area contributed by atoms with E-state index in [-0.39, 0.29) is 12.2 Å². The Morgan fingerprint density at radius 1 is 1.53 bits per heavy atom. The zero-order valence-corrected chi connectivity index (χ0v) is 10.1.